The summed E-state index contributed by atoms with van der Waals surface area (Å²) >= 11 is 1.61. The molecule has 3 aromatic heterocycles. The van der Waals surface area contributed by atoms with Gasteiger partial charge in [0.15, 0.2) is 10.5 Å². The van der Waals surface area contributed by atoms with Crippen LogP contribution in [0.3, 0.4) is 0 Å². The van der Waals surface area contributed by atoms with Gasteiger partial charge in [0.25, 0.3) is 5.69 Å². The third kappa shape index (κ3) is 3.96. The highest BCUT2D eigenvalue weighted by Crippen LogP contribution is 2.22. The van der Waals surface area contributed by atoms with Gasteiger partial charge in [0.2, 0.25) is 5.91 Å². The first kappa shape index (κ1) is 20.8. The normalized spacial score (nSPS) is 11.5. The number of rotatable bonds is 7. The second-order valence-corrected chi connectivity index (χ2v) is 8.63. The molecule has 162 valence electrons. The van der Waals surface area contributed by atoms with Crippen LogP contribution in [0.4, 0.5) is 5.69 Å². The molecule has 0 aliphatic heterocycles. The Labute approximate surface area is 180 Å². The lowest BCUT2D eigenvalue weighted by atomic mass is 10.2. The number of carbonyl (C=O) groups excluding carboxylic acids is 1. The minimum Gasteiger partial charge on any atom is -0.407 e. The van der Waals surface area contributed by atoms with Crippen molar-refractivity contribution in [2.75, 3.05) is 7.05 Å². The van der Waals surface area contributed by atoms with Crippen LogP contribution in [0.25, 0.3) is 16.1 Å². The van der Waals surface area contributed by atoms with Gasteiger partial charge in [0, 0.05) is 37.2 Å². The average molecular weight is 443 g/mol. The molecule has 3 heterocycles. The molecule has 0 aliphatic rings. The number of imidazole rings is 1. The van der Waals surface area contributed by atoms with Gasteiger partial charge in [0.1, 0.15) is 0 Å². The van der Waals surface area contributed by atoms with Crippen molar-refractivity contribution < 1.29 is 14.1 Å². The Morgan fingerprint density at radius 3 is 2.87 bits per heavy atom. The number of oxazole rings is 1. The molecule has 0 fully saturated rings. The molecule has 11 heteroatoms. The summed E-state index contributed by atoms with van der Waals surface area (Å²) in [4.78, 5) is 43.4. The van der Waals surface area contributed by atoms with E-state index in [1.54, 1.807) is 23.3 Å². The van der Waals surface area contributed by atoms with Gasteiger partial charge in [-0.1, -0.05) is 0 Å². The van der Waals surface area contributed by atoms with Gasteiger partial charge in [-0.3, -0.25) is 23.9 Å². The first-order valence-corrected chi connectivity index (χ1v) is 10.5. The van der Waals surface area contributed by atoms with Crippen LogP contribution in [-0.2, 0) is 17.9 Å². The van der Waals surface area contributed by atoms with Gasteiger partial charge in [-0.05, 0) is 26.3 Å². The molecule has 0 unspecified atom stereocenters. The Bertz CT molecular complexity index is 1360. The third-order valence-corrected chi connectivity index (χ3v) is 6.09. The fraction of sp³-hybridized carbons (Fsp3) is 0.350. The van der Waals surface area contributed by atoms with Crippen LogP contribution in [0.2, 0.25) is 0 Å². The molecule has 4 aromatic rings. The van der Waals surface area contributed by atoms with E-state index >= 15 is 0 Å². The molecule has 1 aromatic carbocycles. The van der Waals surface area contributed by atoms with E-state index < -0.39 is 10.7 Å². The largest absolute Gasteiger partial charge is 0.419 e. The van der Waals surface area contributed by atoms with Crippen LogP contribution in [0, 0.1) is 24.0 Å². The number of thiazole rings is 1. The predicted octanol–water partition coefficient (Wildman–Crippen LogP) is 3.27. The Hall–Kier alpha value is -3.47. The maximum absolute atomic E-state index is 12.6. The lowest BCUT2D eigenvalue weighted by Crippen LogP contribution is -2.27. The van der Waals surface area contributed by atoms with Crippen molar-refractivity contribution in [2.24, 2.45) is 0 Å². The lowest BCUT2D eigenvalue weighted by Gasteiger charge is -2.17. The molecule has 0 spiro atoms. The van der Waals surface area contributed by atoms with Gasteiger partial charge in [0.05, 0.1) is 34.4 Å². The SMILES string of the molecule is Cc1cn2c(CN(C)C(=O)CCCn3c(=O)oc4cc([N+](=O)[O-])ccc43)c(C)nc2s1. The Morgan fingerprint density at radius 1 is 1.35 bits per heavy atom. The monoisotopic (exact) mass is 443 g/mol. The molecule has 0 radical (unpaired) electrons. The van der Waals surface area contributed by atoms with E-state index in [1.807, 2.05) is 24.4 Å². The van der Waals surface area contributed by atoms with Crippen molar-refractivity contribution in [1.29, 1.82) is 0 Å². The summed E-state index contributed by atoms with van der Waals surface area (Å²) in [6, 6.07) is 4.04. The molecule has 0 N–H and O–H groups in total. The van der Waals surface area contributed by atoms with Gasteiger partial charge in [-0.25, -0.2) is 9.78 Å². The summed E-state index contributed by atoms with van der Waals surface area (Å²) in [6.07, 6.45) is 2.72. The van der Waals surface area contributed by atoms with E-state index in [2.05, 4.69) is 4.98 Å². The summed E-state index contributed by atoms with van der Waals surface area (Å²) in [7, 11) is 1.75. The number of fused-ring (bicyclic) bond motifs is 2. The number of nitro groups is 1. The summed E-state index contributed by atoms with van der Waals surface area (Å²) in [5.41, 5.74) is 2.37. The zero-order valence-corrected chi connectivity index (χ0v) is 18.1. The summed E-state index contributed by atoms with van der Waals surface area (Å²) < 4.78 is 8.54. The van der Waals surface area contributed by atoms with Gasteiger partial charge in [-0.2, -0.15) is 0 Å². The van der Waals surface area contributed by atoms with E-state index in [0.29, 0.717) is 18.5 Å². The number of aromatic nitrogens is 3. The lowest BCUT2D eigenvalue weighted by molar-refractivity contribution is -0.384. The number of aryl methyl sites for hydroxylation is 3. The van der Waals surface area contributed by atoms with Crippen molar-refractivity contribution in [3.63, 3.8) is 0 Å². The summed E-state index contributed by atoms with van der Waals surface area (Å²) in [6.45, 7) is 4.68. The molecule has 0 atom stereocenters. The maximum Gasteiger partial charge on any atom is 0.419 e. The molecule has 0 aliphatic carbocycles. The molecular weight excluding hydrogens is 422 g/mol. The van der Waals surface area contributed by atoms with E-state index in [1.165, 1.54) is 22.8 Å². The Kier molecular flexibility index (Phi) is 5.36. The van der Waals surface area contributed by atoms with E-state index in [-0.39, 0.29) is 30.1 Å². The van der Waals surface area contributed by atoms with E-state index in [9.17, 15) is 19.7 Å². The van der Waals surface area contributed by atoms with Crippen LogP contribution in [0.1, 0.15) is 29.1 Å². The maximum atomic E-state index is 12.6. The van der Waals surface area contributed by atoms with Crippen LogP contribution in [-0.4, -0.2) is 36.7 Å². The van der Waals surface area contributed by atoms with Crippen molar-refractivity contribution in [2.45, 2.75) is 39.8 Å². The number of benzene rings is 1. The van der Waals surface area contributed by atoms with Crippen molar-refractivity contribution in [1.82, 2.24) is 18.9 Å². The smallest absolute Gasteiger partial charge is 0.407 e. The zero-order valence-electron chi connectivity index (χ0n) is 17.3. The Morgan fingerprint density at radius 2 is 2.13 bits per heavy atom. The Balaban J connectivity index is 1.41. The number of hydrogen-bond donors (Lipinski definition) is 0. The highest BCUT2D eigenvalue weighted by Gasteiger charge is 2.17. The van der Waals surface area contributed by atoms with Crippen LogP contribution < -0.4 is 5.76 Å². The molecule has 0 saturated carbocycles. The highest BCUT2D eigenvalue weighted by atomic mass is 32.1. The molecule has 0 saturated heterocycles. The quantitative estimate of drug-likeness (QED) is 0.320. The molecule has 10 nitrogen and oxygen atoms in total. The molecule has 1 amide bonds. The standard InChI is InChI=1S/C20H21N5O5S/c1-12-10-24-16(13(2)21-19(24)31-12)11-22(3)18(26)5-4-8-23-15-7-6-14(25(28)29)9-17(15)30-20(23)27/h6-7,9-10H,4-5,8,11H2,1-3H3. The second-order valence-electron chi connectivity index (χ2n) is 7.42. The minimum absolute atomic E-state index is 0.0437. The summed E-state index contributed by atoms with van der Waals surface area (Å²) in [5, 5.41) is 10.9. The van der Waals surface area contributed by atoms with Gasteiger partial charge in [-0.15, -0.1) is 11.3 Å². The van der Waals surface area contributed by atoms with Crippen LogP contribution in [0.15, 0.2) is 33.6 Å². The number of hydrogen-bond acceptors (Lipinski definition) is 7. The van der Waals surface area contributed by atoms with Crippen LogP contribution in [0.5, 0.6) is 0 Å². The molecule has 0 bridgehead atoms. The topological polar surface area (TPSA) is 116 Å². The molecular formula is C20H21N5O5S. The van der Waals surface area contributed by atoms with E-state index in [4.69, 9.17) is 4.42 Å². The number of non-ortho nitro benzene ring substituents is 1. The fourth-order valence-electron chi connectivity index (χ4n) is 3.57. The zero-order chi connectivity index (χ0) is 22.3. The number of nitro benzene ring substituents is 1. The van der Waals surface area contributed by atoms with Gasteiger partial charge < -0.3 is 9.32 Å². The number of carbonyl (C=O) groups is 1. The first-order chi connectivity index (χ1) is 14.7. The highest BCUT2D eigenvalue weighted by molar-refractivity contribution is 7.17. The van der Waals surface area contributed by atoms with E-state index in [0.717, 1.165) is 21.2 Å². The third-order valence-electron chi connectivity index (χ3n) is 5.19. The predicted molar refractivity (Wildman–Crippen MR) is 115 cm³/mol. The average Bonchev–Trinajstić information content (AvgIpc) is 3.32. The fourth-order valence-corrected chi connectivity index (χ4v) is 4.46. The van der Waals surface area contributed by atoms with Crippen molar-refractivity contribution in [3.8, 4) is 0 Å². The van der Waals surface area contributed by atoms with Crippen molar-refractivity contribution in [3.05, 3.63) is 61.3 Å². The second kappa shape index (κ2) is 7.99. The van der Waals surface area contributed by atoms with Gasteiger partial charge >= 0.3 is 5.76 Å². The van der Waals surface area contributed by atoms with Crippen molar-refractivity contribution >= 4 is 39.0 Å². The number of nitrogens with zero attached hydrogens (tertiary/aromatic N) is 5. The molecule has 31 heavy (non-hydrogen) atoms. The summed E-state index contributed by atoms with van der Waals surface area (Å²) in [5.74, 6) is -0.640. The molecule has 4 rings (SSSR count). The number of amides is 1. The first-order valence-electron chi connectivity index (χ1n) is 9.70. The minimum atomic E-state index is -0.596. The van der Waals surface area contributed by atoms with Crippen LogP contribution >= 0.6 is 11.3 Å².